The third-order valence-electron chi connectivity index (χ3n) is 2.83. The standard InChI is InChI=1S/C14H14ClN5O/c15-11-3-1-10(2-4-11)9-21-13-8-16-7-12(19-13)20-14-17-5-6-18-14/h1-4,7-8H,5-6,9H2,(H2,17,18,19,20). The lowest BCUT2D eigenvalue weighted by atomic mass is 10.2. The molecule has 2 heterocycles. The number of guanidine groups is 1. The molecule has 1 aromatic heterocycles. The Morgan fingerprint density at radius 3 is 2.86 bits per heavy atom. The van der Waals surface area contributed by atoms with Gasteiger partial charge in [-0.15, -0.1) is 0 Å². The Balaban J connectivity index is 1.61. The van der Waals surface area contributed by atoms with Crippen LogP contribution in [-0.2, 0) is 6.61 Å². The normalized spacial score (nSPS) is 13.5. The number of hydrogen-bond donors (Lipinski definition) is 2. The largest absolute Gasteiger partial charge is 0.472 e. The summed E-state index contributed by atoms with van der Waals surface area (Å²) < 4.78 is 5.62. The van der Waals surface area contributed by atoms with E-state index in [0.29, 0.717) is 29.3 Å². The van der Waals surface area contributed by atoms with E-state index in [-0.39, 0.29) is 0 Å². The van der Waals surface area contributed by atoms with Crippen molar-refractivity contribution in [1.29, 1.82) is 0 Å². The second kappa shape index (κ2) is 6.41. The van der Waals surface area contributed by atoms with Crippen LogP contribution in [0.1, 0.15) is 5.56 Å². The van der Waals surface area contributed by atoms with Crippen LogP contribution >= 0.6 is 11.6 Å². The predicted molar refractivity (Wildman–Crippen MR) is 81.7 cm³/mol. The molecule has 1 aliphatic heterocycles. The van der Waals surface area contributed by atoms with E-state index in [4.69, 9.17) is 16.3 Å². The predicted octanol–water partition coefficient (Wildman–Crippen LogP) is 2.08. The molecule has 0 bridgehead atoms. The zero-order valence-corrected chi connectivity index (χ0v) is 12.0. The number of aliphatic imine (C=N–C) groups is 1. The van der Waals surface area contributed by atoms with Crippen LogP contribution in [0.5, 0.6) is 5.88 Å². The molecular weight excluding hydrogens is 290 g/mol. The molecule has 1 aliphatic rings. The Morgan fingerprint density at radius 2 is 2.10 bits per heavy atom. The van der Waals surface area contributed by atoms with Crippen molar-refractivity contribution in [3.63, 3.8) is 0 Å². The van der Waals surface area contributed by atoms with E-state index in [1.54, 1.807) is 12.4 Å². The summed E-state index contributed by atoms with van der Waals surface area (Å²) in [6.45, 7) is 2.01. The average molecular weight is 304 g/mol. The third kappa shape index (κ3) is 3.82. The van der Waals surface area contributed by atoms with E-state index >= 15 is 0 Å². The second-order valence-corrected chi connectivity index (χ2v) is 4.88. The molecule has 0 spiro atoms. The molecule has 0 atom stereocenters. The average Bonchev–Trinajstić information content (AvgIpc) is 3.00. The summed E-state index contributed by atoms with van der Waals surface area (Å²) in [6, 6.07) is 7.48. The van der Waals surface area contributed by atoms with Gasteiger partial charge in [0.15, 0.2) is 11.8 Å². The molecule has 0 saturated carbocycles. The molecule has 0 unspecified atom stereocenters. The van der Waals surface area contributed by atoms with Gasteiger partial charge in [-0.1, -0.05) is 23.7 Å². The Labute approximate surface area is 127 Å². The number of rotatable bonds is 4. The van der Waals surface area contributed by atoms with Crippen molar-refractivity contribution in [2.24, 2.45) is 4.99 Å². The van der Waals surface area contributed by atoms with Crippen LogP contribution in [-0.4, -0.2) is 29.0 Å². The summed E-state index contributed by atoms with van der Waals surface area (Å²) >= 11 is 5.84. The van der Waals surface area contributed by atoms with E-state index < -0.39 is 0 Å². The van der Waals surface area contributed by atoms with Gasteiger partial charge in [-0.05, 0) is 17.7 Å². The summed E-state index contributed by atoms with van der Waals surface area (Å²) in [6.07, 6.45) is 3.20. The van der Waals surface area contributed by atoms with Crippen molar-refractivity contribution in [1.82, 2.24) is 15.3 Å². The Morgan fingerprint density at radius 1 is 1.24 bits per heavy atom. The van der Waals surface area contributed by atoms with Crippen molar-refractivity contribution in [3.8, 4) is 5.88 Å². The van der Waals surface area contributed by atoms with E-state index in [0.717, 1.165) is 18.7 Å². The number of anilines is 1. The summed E-state index contributed by atoms with van der Waals surface area (Å²) in [4.78, 5) is 12.7. The lowest BCUT2D eigenvalue weighted by molar-refractivity contribution is 0.293. The maximum atomic E-state index is 5.84. The van der Waals surface area contributed by atoms with Crippen molar-refractivity contribution in [3.05, 3.63) is 47.2 Å². The Kier molecular flexibility index (Phi) is 4.16. The van der Waals surface area contributed by atoms with Gasteiger partial charge in [0.25, 0.3) is 0 Å². The third-order valence-corrected chi connectivity index (χ3v) is 3.09. The summed E-state index contributed by atoms with van der Waals surface area (Å²) in [5.74, 6) is 1.75. The van der Waals surface area contributed by atoms with Crippen LogP contribution in [0.3, 0.4) is 0 Å². The van der Waals surface area contributed by atoms with Gasteiger partial charge < -0.3 is 15.4 Å². The molecule has 1 aromatic carbocycles. The number of ether oxygens (including phenoxy) is 1. The minimum Gasteiger partial charge on any atom is -0.472 e. The van der Waals surface area contributed by atoms with Gasteiger partial charge in [-0.25, -0.2) is 0 Å². The lowest BCUT2D eigenvalue weighted by Gasteiger charge is -2.08. The molecule has 108 valence electrons. The lowest BCUT2D eigenvalue weighted by Crippen LogP contribution is -2.26. The molecule has 3 rings (SSSR count). The first-order valence-corrected chi connectivity index (χ1v) is 6.92. The van der Waals surface area contributed by atoms with Crippen LogP contribution < -0.4 is 15.4 Å². The van der Waals surface area contributed by atoms with E-state index in [9.17, 15) is 0 Å². The highest BCUT2D eigenvalue weighted by atomic mass is 35.5. The van der Waals surface area contributed by atoms with E-state index in [1.165, 1.54) is 0 Å². The Bertz CT molecular complexity index is 644. The molecule has 7 heteroatoms. The molecule has 0 aliphatic carbocycles. The highest BCUT2D eigenvalue weighted by molar-refractivity contribution is 6.30. The van der Waals surface area contributed by atoms with Crippen molar-refractivity contribution in [2.45, 2.75) is 6.61 Å². The zero-order chi connectivity index (χ0) is 14.5. The molecule has 2 aromatic rings. The fourth-order valence-corrected chi connectivity index (χ4v) is 1.94. The van der Waals surface area contributed by atoms with Gasteiger partial charge >= 0.3 is 0 Å². The molecule has 6 nitrogen and oxygen atoms in total. The zero-order valence-electron chi connectivity index (χ0n) is 11.2. The number of halogens is 1. The van der Waals surface area contributed by atoms with Crippen LogP contribution in [0.4, 0.5) is 5.82 Å². The highest BCUT2D eigenvalue weighted by Crippen LogP contribution is 2.13. The molecule has 0 saturated heterocycles. The minimum atomic E-state index is 0.411. The van der Waals surface area contributed by atoms with Gasteiger partial charge in [0.2, 0.25) is 5.88 Å². The van der Waals surface area contributed by atoms with Crippen LogP contribution in [0.15, 0.2) is 41.7 Å². The van der Waals surface area contributed by atoms with Gasteiger partial charge in [-0.2, -0.15) is 4.98 Å². The van der Waals surface area contributed by atoms with Gasteiger partial charge in [-0.3, -0.25) is 9.98 Å². The minimum absolute atomic E-state index is 0.411. The number of aromatic nitrogens is 2. The molecule has 21 heavy (non-hydrogen) atoms. The summed E-state index contributed by atoms with van der Waals surface area (Å²) in [5.41, 5.74) is 1.02. The second-order valence-electron chi connectivity index (χ2n) is 4.44. The topological polar surface area (TPSA) is 71.4 Å². The van der Waals surface area contributed by atoms with Crippen LogP contribution in [0.25, 0.3) is 0 Å². The van der Waals surface area contributed by atoms with Crippen molar-refractivity contribution >= 4 is 23.4 Å². The van der Waals surface area contributed by atoms with Crippen molar-refractivity contribution < 1.29 is 4.74 Å². The number of hydrogen-bond acceptors (Lipinski definition) is 6. The quantitative estimate of drug-likeness (QED) is 0.905. The number of nitrogens with zero attached hydrogens (tertiary/aromatic N) is 3. The molecule has 0 amide bonds. The maximum Gasteiger partial charge on any atom is 0.234 e. The molecular formula is C14H14ClN5O. The Hall–Kier alpha value is -2.34. The van der Waals surface area contributed by atoms with E-state index in [2.05, 4.69) is 25.6 Å². The summed E-state index contributed by atoms with van der Waals surface area (Å²) in [7, 11) is 0. The van der Waals surface area contributed by atoms with Gasteiger partial charge in [0.05, 0.1) is 18.9 Å². The SMILES string of the molecule is Clc1ccc(COc2cncc(NC3=NCCN3)n2)cc1. The molecule has 0 fully saturated rings. The van der Waals surface area contributed by atoms with Gasteiger partial charge in [0, 0.05) is 11.6 Å². The maximum absolute atomic E-state index is 5.84. The molecule has 0 radical (unpaired) electrons. The monoisotopic (exact) mass is 303 g/mol. The summed E-state index contributed by atoms with van der Waals surface area (Å²) in [5, 5.41) is 6.86. The molecule has 2 N–H and O–H groups in total. The van der Waals surface area contributed by atoms with Crippen LogP contribution in [0.2, 0.25) is 5.02 Å². The fraction of sp³-hybridized carbons (Fsp3) is 0.214. The van der Waals surface area contributed by atoms with Gasteiger partial charge in [0.1, 0.15) is 6.61 Å². The van der Waals surface area contributed by atoms with E-state index in [1.807, 2.05) is 24.3 Å². The smallest absolute Gasteiger partial charge is 0.234 e. The number of benzene rings is 1. The highest BCUT2D eigenvalue weighted by Gasteiger charge is 2.07. The first-order chi connectivity index (χ1) is 10.3. The number of nitrogens with one attached hydrogen (secondary N) is 2. The van der Waals surface area contributed by atoms with Crippen molar-refractivity contribution in [2.75, 3.05) is 18.4 Å². The first kappa shape index (κ1) is 13.6. The first-order valence-electron chi connectivity index (χ1n) is 6.54. The fourth-order valence-electron chi connectivity index (χ4n) is 1.82. The van der Waals surface area contributed by atoms with Crippen LogP contribution in [0, 0.1) is 0 Å².